The highest BCUT2D eigenvalue weighted by Crippen LogP contribution is 2.35. The first-order valence-corrected chi connectivity index (χ1v) is 11.4. The minimum absolute atomic E-state index is 0.143. The van der Waals surface area contributed by atoms with Crippen molar-refractivity contribution < 1.29 is 9.21 Å². The highest BCUT2D eigenvalue weighted by Gasteiger charge is 2.21. The number of likely N-dealkylation sites (N-methyl/N-ethyl adjacent to an activating group) is 1. The van der Waals surface area contributed by atoms with Crippen LogP contribution in [-0.2, 0) is 4.79 Å². The number of carbonyl (C=O) groups excluding carboxylic acids is 1. The summed E-state index contributed by atoms with van der Waals surface area (Å²) in [5.74, 6) is 0.353. The van der Waals surface area contributed by atoms with E-state index in [4.69, 9.17) is 16.0 Å². The van der Waals surface area contributed by atoms with Gasteiger partial charge in [-0.1, -0.05) is 36.4 Å². The Kier molecular flexibility index (Phi) is 7.06. The molecule has 0 aliphatic carbocycles. The number of rotatable bonds is 7. The maximum absolute atomic E-state index is 12.6. The lowest BCUT2D eigenvalue weighted by Crippen LogP contribution is -2.46. The van der Waals surface area contributed by atoms with Crippen molar-refractivity contribution in [3.63, 3.8) is 0 Å². The molecule has 1 aliphatic heterocycles. The lowest BCUT2D eigenvalue weighted by Gasteiger charge is -2.36. The summed E-state index contributed by atoms with van der Waals surface area (Å²) in [7, 11) is 0. The van der Waals surface area contributed by atoms with Crippen molar-refractivity contribution in [3.8, 4) is 11.5 Å². The second-order valence-corrected chi connectivity index (χ2v) is 8.34. The standard InChI is InChI=1S/C21H23ClN6O2S/c1-2-27-9-11-28(12-10-27)19-16(22)6-3-7-17(19)24-18(29)14-31-21-26-25-20(30-21)15-5-4-8-23-13-15/h3-8,13H,2,9-12,14H2,1H3,(H,24,29). The van der Waals surface area contributed by atoms with Crippen molar-refractivity contribution in [2.45, 2.75) is 12.1 Å². The van der Waals surface area contributed by atoms with E-state index in [2.05, 4.69) is 37.2 Å². The number of piperazine rings is 1. The molecule has 1 saturated heterocycles. The number of carbonyl (C=O) groups is 1. The topological polar surface area (TPSA) is 87.4 Å². The Bertz CT molecular complexity index is 1020. The number of halogens is 1. The first kappa shape index (κ1) is 21.6. The van der Waals surface area contributed by atoms with Gasteiger partial charge in [-0.2, -0.15) is 0 Å². The van der Waals surface area contributed by atoms with E-state index in [1.54, 1.807) is 18.5 Å². The predicted molar refractivity (Wildman–Crippen MR) is 123 cm³/mol. The van der Waals surface area contributed by atoms with Crippen LogP contribution < -0.4 is 10.2 Å². The van der Waals surface area contributed by atoms with Gasteiger partial charge in [0.25, 0.3) is 5.22 Å². The SMILES string of the molecule is CCN1CCN(c2c(Cl)cccc2NC(=O)CSc2nnc(-c3cccnc3)o2)CC1. The molecule has 1 fully saturated rings. The number of pyridine rings is 1. The van der Waals surface area contributed by atoms with E-state index >= 15 is 0 Å². The van der Waals surface area contributed by atoms with Crippen LogP contribution in [0.1, 0.15) is 6.92 Å². The monoisotopic (exact) mass is 458 g/mol. The maximum atomic E-state index is 12.6. The zero-order chi connectivity index (χ0) is 21.6. The third-order valence-electron chi connectivity index (χ3n) is 5.04. The van der Waals surface area contributed by atoms with E-state index in [1.807, 2.05) is 24.3 Å². The molecule has 8 nitrogen and oxygen atoms in total. The number of para-hydroxylation sites is 1. The van der Waals surface area contributed by atoms with E-state index in [9.17, 15) is 4.79 Å². The van der Waals surface area contributed by atoms with Crippen LogP contribution in [0.5, 0.6) is 0 Å². The molecular weight excluding hydrogens is 436 g/mol. The summed E-state index contributed by atoms with van der Waals surface area (Å²) >= 11 is 7.69. The molecule has 0 saturated carbocycles. The van der Waals surface area contributed by atoms with Crippen LogP contribution in [-0.4, -0.2) is 64.5 Å². The van der Waals surface area contributed by atoms with Crippen LogP contribution in [0, 0.1) is 0 Å². The molecule has 1 aromatic carbocycles. The van der Waals surface area contributed by atoms with E-state index < -0.39 is 0 Å². The molecule has 1 amide bonds. The fraction of sp³-hybridized carbons (Fsp3) is 0.333. The Labute approximate surface area is 190 Å². The number of nitrogens with zero attached hydrogens (tertiary/aromatic N) is 5. The second kappa shape index (κ2) is 10.1. The Morgan fingerprint density at radius 3 is 2.77 bits per heavy atom. The third kappa shape index (κ3) is 5.36. The molecule has 3 aromatic rings. The summed E-state index contributed by atoms with van der Waals surface area (Å²) in [6, 6.07) is 9.21. The minimum atomic E-state index is -0.165. The number of hydrogen-bond acceptors (Lipinski definition) is 8. The van der Waals surface area contributed by atoms with Crippen LogP contribution in [0.2, 0.25) is 5.02 Å². The Morgan fingerprint density at radius 2 is 2.03 bits per heavy atom. The average molecular weight is 459 g/mol. The quantitative estimate of drug-likeness (QED) is 0.537. The minimum Gasteiger partial charge on any atom is -0.411 e. The normalized spacial score (nSPS) is 14.6. The Morgan fingerprint density at radius 1 is 1.19 bits per heavy atom. The molecule has 31 heavy (non-hydrogen) atoms. The second-order valence-electron chi connectivity index (χ2n) is 7.01. The number of anilines is 2. The first-order valence-electron chi connectivity index (χ1n) is 10.1. The van der Waals surface area contributed by atoms with Gasteiger partial charge in [-0.15, -0.1) is 10.2 Å². The molecule has 0 spiro atoms. The van der Waals surface area contributed by atoms with Crippen LogP contribution in [0.25, 0.3) is 11.5 Å². The van der Waals surface area contributed by atoms with Gasteiger partial charge < -0.3 is 19.5 Å². The summed E-state index contributed by atoms with van der Waals surface area (Å²) in [5.41, 5.74) is 2.32. The van der Waals surface area contributed by atoms with Gasteiger partial charge in [0.05, 0.1) is 27.7 Å². The van der Waals surface area contributed by atoms with Crippen molar-refractivity contribution in [1.82, 2.24) is 20.1 Å². The van der Waals surface area contributed by atoms with Crippen LogP contribution in [0.3, 0.4) is 0 Å². The molecule has 1 N–H and O–H groups in total. The lowest BCUT2D eigenvalue weighted by atomic mass is 10.2. The molecule has 0 atom stereocenters. The van der Waals surface area contributed by atoms with Crippen molar-refractivity contribution >= 4 is 40.6 Å². The van der Waals surface area contributed by atoms with E-state index in [0.717, 1.165) is 44.0 Å². The highest BCUT2D eigenvalue weighted by atomic mass is 35.5. The number of thioether (sulfide) groups is 1. The molecule has 4 rings (SSSR count). The summed E-state index contributed by atoms with van der Waals surface area (Å²) < 4.78 is 5.62. The predicted octanol–water partition coefficient (Wildman–Crippen LogP) is 3.66. The molecule has 2 aromatic heterocycles. The third-order valence-corrected chi connectivity index (χ3v) is 6.16. The smallest absolute Gasteiger partial charge is 0.277 e. The Hall–Kier alpha value is -2.62. The molecule has 162 valence electrons. The van der Waals surface area contributed by atoms with E-state index in [0.29, 0.717) is 21.8 Å². The zero-order valence-corrected chi connectivity index (χ0v) is 18.7. The largest absolute Gasteiger partial charge is 0.411 e. The molecule has 0 bridgehead atoms. The van der Waals surface area contributed by atoms with Gasteiger partial charge in [0.15, 0.2) is 0 Å². The molecule has 1 aliphatic rings. The summed E-state index contributed by atoms with van der Waals surface area (Å²) in [5, 5.41) is 12.0. The number of nitrogens with one attached hydrogen (secondary N) is 1. The van der Waals surface area contributed by atoms with Crippen LogP contribution in [0.4, 0.5) is 11.4 Å². The van der Waals surface area contributed by atoms with Gasteiger partial charge >= 0.3 is 0 Å². The van der Waals surface area contributed by atoms with Gasteiger partial charge in [0.2, 0.25) is 11.8 Å². The first-order chi connectivity index (χ1) is 15.1. The summed E-state index contributed by atoms with van der Waals surface area (Å²) in [6.45, 7) is 6.89. The Balaban J connectivity index is 1.38. The van der Waals surface area contributed by atoms with Crippen LogP contribution >= 0.6 is 23.4 Å². The molecule has 0 radical (unpaired) electrons. The summed E-state index contributed by atoms with van der Waals surface area (Å²) in [6.07, 6.45) is 3.32. The fourth-order valence-electron chi connectivity index (χ4n) is 3.41. The molecule has 3 heterocycles. The number of hydrogen-bond donors (Lipinski definition) is 1. The van der Waals surface area contributed by atoms with Crippen molar-refractivity contribution in [2.75, 3.05) is 48.7 Å². The maximum Gasteiger partial charge on any atom is 0.277 e. The van der Waals surface area contributed by atoms with Crippen LogP contribution in [0.15, 0.2) is 52.4 Å². The van der Waals surface area contributed by atoms with Gasteiger partial charge in [-0.3, -0.25) is 9.78 Å². The zero-order valence-electron chi connectivity index (χ0n) is 17.1. The van der Waals surface area contributed by atoms with Crippen molar-refractivity contribution in [3.05, 3.63) is 47.7 Å². The number of amides is 1. The van der Waals surface area contributed by atoms with Gasteiger partial charge in [-0.05, 0) is 30.8 Å². The molecular formula is C21H23ClN6O2S. The van der Waals surface area contributed by atoms with Gasteiger partial charge in [0.1, 0.15) is 0 Å². The van der Waals surface area contributed by atoms with Crippen molar-refractivity contribution in [2.24, 2.45) is 0 Å². The summed E-state index contributed by atoms with van der Waals surface area (Å²) in [4.78, 5) is 21.3. The number of aromatic nitrogens is 3. The molecule has 0 unspecified atom stereocenters. The van der Waals surface area contributed by atoms with E-state index in [-0.39, 0.29) is 11.7 Å². The fourth-order valence-corrected chi connectivity index (χ4v) is 4.27. The molecule has 10 heteroatoms. The number of benzene rings is 1. The van der Waals surface area contributed by atoms with Gasteiger partial charge in [0, 0.05) is 38.6 Å². The van der Waals surface area contributed by atoms with Crippen molar-refractivity contribution in [1.29, 1.82) is 0 Å². The van der Waals surface area contributed by atoms with E-state index in [1.165, 1.54) is 11.8 Å². The lowest BCUT2D eigenvalue weighted by molar-refractivity contribution is -0.113. The van der Waals surface area contributed by atoms with Gasteiger partial charge in [-0.25, -0.2) is 0 Å². The average Bonchev–Trinajstić information content (AvgIpc) is 3.28. The highest BCUT2D eigenvalue weighted by molar-refractivity contribution is 7.99.